The number of rotatable bonds is 6. The molecule has 0 aromatic rings. The number of aliphatic hydroxyl groups is 1. The molecule has 0 radical (unpaired) electrons. The summed E-state index contributed by atoms with van der Waals surface area (Å²) in [6.07, 6.45) is 6.54. The molecule has 0 bridgehead atoms. The Hall–Kier alpha value is -1.89. The molecule has 0 aromatic heterocycles. The minimum atomic E-state index is -0.740. The van der Waals surface area contributed by atoms with Crippen molar-refractivity contribution in [3.8, 4) is 0 Å². The second kappa shape index (κ2) is 10.4. The maximum absolute atomic E-state index is 13.4. The Morgan fingerprint density at radius 2 is 1.73 bits per heavy atom. The Morgan fingerprint density at radius 3 is 2.39 bits per heavy atom. The molecular formula is C34H52O7. The van der Waals surface area contributed by atoms with Gasteiger partial charge >= 0.3 is 17.9 Å². The molecule has 41 heavy (non-hydrogen) atoms. The van der Waals surface area contributed by atoms with Gasteiger partial charge in [-0.15, -0.1) is 0 Å². The van der Waals surface area contributed by atoms with E-state index in [1.165, 1.54) is 6.92 Å². The number of carbonyl (C=O) groups is 3. The standard InChI is InChI=1S/C34H52O7/c1-9-22(36)17-28(37)41-27-18-26-32(6)15-10-14-31(5,20(3)40-21(4)35)24(32)13-16-33(26,7)25-12-11-23-19(2)39-30(38)29(23)34(25,27)8/h19-20,22,24-27,36H,9-18H2,1-8H3/t19-,20?,22?,24+,25+,26-,27+,31-,32+,33+,34-/m1/s1. The van der Waals surface area contributed by atoms with Crippen LogP contribution in [-0.4, -0.2) is 47.4 Å². The highest BCUT2D eigenvalue weighted by Crippen LogP contribution is 2.74. The van der Waals surface area contributed by atoms with Gasteiger partial charge in [-0.1, -0.05) is 41.0 Å². The van der Waals surface area contributed by atoms with Crippen molar-refractivity contribution in [3.05, 3.63) is 11.1 Å². The number of hydrogen-bond donors (Lipinski definition) is 1. The number of ether oxygens (including phenoxy) is 3. The van der Waals surface area contributed by atoms with Gasteiger partial charge in [0.1, 0.15) is 18.3 Å². The van der Waals surface area contributed by atoms with Gasteiger partial charge in [0.15, 0.2) is 0 Å². The van der Waals surface area contributed by atoms with E-state index in [1.807, 2.05) is 13.8 Å². The lowest BCUT2D eigenvalue weighted by Gasteiger charge is -2.70. The van der Waals surface area contributed by atoms with Crippen LogP contribution in [0.4, 0.5) is 0 Å². The summed E-state index contributed by atoms with van der Waals surface area (Å²) in [5, 5.41) is 10.3. The zero-order valence-corrected chi connectivity index (χ0v) is 26.5. The predicted molar refractivity (Wildman–Crippen MR) is 154 cm³/mol. The zero-order chi connectivity index (χ0) is 30.1. The first-order chi connectivity index (χ1) is 19.1. The largest absolute Gasteiger partial charge is 0.462 e. The van der Waals surface area contributed by atoms with Gasteiger partial charge in [-0.25, -0.2) is 4.79 Å². The molecule has 7 heteroatoms. The summed E-state index contributed by atoms with van der Waals surface area (Å²) < 4.78 is 18.0. The summed E-state index contributed by atoms with van der Waals surface area (Å²) in [5.41, 5.74) is 0.982. The lowest BCUT2D eigenvalue weighted by molar-refractivity contribution is -0.237. The van der Waals surface area contributed by atoms with Crippen LogP contribution in [0.2, 0.25) is 0 Å². The summed E-state index contributed by atoms with van der Waals surface area (Å²) in [6.45, 7) is 16.7. The van der Waals surface area contributed by atoms with Crippen LogP contribution in [0.3, 0.4) is 0 Å². The summed E-state index contributed by atoms with van der Waals surface area (Å²) in [5.74, 6) is -0.0665. The van der Waals surface area contributed by atoms with Crippen molar-refractivity contribution in [2.45, 2.75) is 144 Å². The molecule has 0 aromatic carbocycles. The first-order valence-corrected chi connectivity index (χ1v) is 16.1. The Labute approximate surface area is 246 Å². The van der Waals surface area contributed by atoms with Gasteiger partial charge < -0.3 is 19.3 Å². The molecule has 3 saturated carbocycles. The van der Waals surface area contributed by atoms with Crippen molar-refractivity contribution in [2.75, 3.05) is 0 Å². The molecule has 230 valence electrons. The molecular weight excluding hydrogens is 520 g/mol. The van der Waals surface area contributed by atoms with E-state index in [1.54, 1.807) is 0 Å². The van der Waals surface area contributed by atoms with Crippen molar-refractivity contribution < 1.29 is 33.7 Å². The van der Waals surface area contributed by atoms with Crippen LogP contribution >= 0.6 is 0 Å². The van der Waals surface area contributed by atoms with Crippen molar-refractivity contribution >= 4 is 17.9 Å². The fraction of sp³-hybridized carbons (Fsp3) is 0.853. The predicted octanol–water partition coefficient (Wildman–Crippen LogP) is 6.30. The van der Waals surface area contributed by atoms with E-state index < -0.39 is 23.6 Å². The highest BCUT2D eigenvalue weighted by molar-refractivity contribution is 5.94. The van der Waals surface area contributed by atoms with Crippen molar-refractivity contribution in [3.63, 3.8) is 0 Å². The first kappa shape index (κ1) is 30.6. The van der Waals surface area contributed by atoms with E-state index in [2.05, 4.69) is 34.6 Å². The van der Waals surface area contributed by atoms with Gasteiger partial charge in [-0.2, -0.15) is 0 Å². The molecule has 5 aliphatic rings. The van der Waals surface area contributed by atoms with E-state index in [0.29, 0.717) is 18.8 Å². The zero-order valence-electron chi connectivity index (χ0n) is 26.5. The van der Waals surface area contributed by atoms with Gasteiger partial charge in [0.25, 0.3) is 0 Å². The van der Waals surface area contributed by atoms with Crippen LogP contribution in [-0.2, 0) is 28.6 Å². The fourth-order valence-corrected chi connectivity index (χ4v) is 11.1. The first-order valence-electron chi connectivity index (χ1n) is 16.1. The van der Waals surface area contributed by atoms with E-state index >= 15 is 0 Å². The summed E-state index contributed by atoms with van der Waals surface area (Å²) in [6, 6.07) is 0. The Kier molecular flexibility index (Phi) is 7.74. The molecule has 1 heterocycles. The molecule has 1 N–H and O–H groups in total. The van der Waals surface area contributed by atoms with Gasteiger partial charge in [0.2, 0.25) is 0 Å². The van der Waals surface area contributed by atoms with Gasteiger partial charge in [0.05, 0.1) is 12.5 Å². The molecule has 3 fully saturated rings. The number of esters is 3. The molecule has 1 aliphatic heterocycles. The number of aliphatic hydroxyl groups excluding tert-OH is 1. The number of hydrogen-bond acceptors (Lipinski definition) is 7. The lowest BCUT2D eigenvalue weighted by Crippen LogP contribution is -2.67. The van der Waals surface area contributed by atoms with E-state index in [0.717, 1.165) is 56.1 Å². The van der Waals surface area contributed by atoms with Crippen LogP contribution in [0.1, 0.15) is 120 Å². The smallest absolute Gasteiger partial charge is 0.335 e. The fourth-order valence-electron chi connectivity index (χ4n) is 11.1. The average molecular weight is 573 g/mol. The number of fused-ring (bicyclic) bond motifs is 6. The quantitative estimate of drug-likeness (QED) is 0.294. The average Bonchev–Trinajstić information content (AvgIpc) is 3.18. The van der Waals surface area contributed by atoms with Crippen LogP contribution in [0.5, 0.6) is 0 Å². The maximum atomic E-state index is 13.4. The van der Waals surface area contributed by atoms with Crippen molar-refractivity contribution in [2.24, 2.45) is 39.4 Å². The van der Waals surface area contributed by atoms with E-state index in [-0.39, 0.29) is 58.6 Å². The molecule has 0 spiro atoms. The van der Waals surface area contributed by atoms with Crippen molar-refractivity contribution in [1.82, 2.24) is 0 Å². The molecule has 0 amide bonds. The normalized spacial score (nSPS) is 44.9. The summed E-state index contributed by atoms with van der Waals surface area (Å²) in [7, 11) is 0. The minimum Gasteiger partial charge on any atom is -0.462 e. The maximum Gasteiger partial charge on any atom is 0.335 e. The monoisotopic (exact) mass is 572 g/mol. The van der Waals surface area contributed by atoms with Crippen LogP contribution in [0.15, 0.2) is 11.1 Å². The van der Waals surface area contributed by atoms with E-state index in [9.17, 15) is 19.5 Å². The second-order valence-electron chi connectivity index (χ2n) is 15.1. The molecule has 11 atom stereocenters. The third-order valence-electron chi connectivity index (χ3n) is 13.2. The van der Waals surface area contributed by atoms with E-state index in [4.69, 9.17) is 14.2 Å². The van der Waals surface area contributed by atoms with Crippen molar-refractivity contribution in [1.29, 1.82) is 0 Å². The van der Waals surface area contributed by atoms with Crippen LogP contribution in [0, 0.1) is 39.4 Å². The second-order valence-corrected chi connectivity index (χ2v) is 15.1. The van der Waals surface area contributed by atoms with Gasteiger partial charge in [-0.3, -0.25) is 9.59 Å². The van der Waals surface area contributed by atoms with Crippen LogP contribution in [0.25, 0.3) is 0 Å². The summed E-state index contributed by atoms with van der Waals surface area (Å²) >= 11 is 0. The van der Waals surface area contributed by atoms with Gasteiger partial charge in [-0.05, 0) is 99.4 Å². The minimum absolute atomic E-state index is 0.0263. The third kappa shape index (κ3) is 4.50. The molecule has 4 aliphatic carbocycles. The highest BCUT2D eigenvalue weighted by Gasteiger charge is 2.70. The topological polar surface area (TPSA) is 99.1 Å². The van der Waals surface area contributed by atoms with Gasteiger partial charge in [0, 0.05) is 23.3 Å². The number of carbonyl (C=O) groups excluding carboxylic acids is 3. The highest BCUT2D eigenvalue weighted by atomic mass is 16.6. The SMILES string of the molecule is CCC(O)CC(=O)O[C@H]1C[C@@H]2[C@@]3(C)CCC[C@](C)(C(C)OC(C)=O)[C@@H]3CC[C@@]2(C)[C@@H]2CCC3=C(C(=O)O[C@@H]3C)[C@@]12C. The third-order valence-corrected chi connectivity index (χ3v) is 13.2. The molecule has 5 rings (SSSR count). The lowest BCUT2D eigenvalue weighted by atomic mass is 9.34. The molecule has 0 saturated heterocycles. The number of cyclic esters (lactones) is 1. The van der Waals surface area contributed by atoms with Crippen LogP contribution < -0.4 is 0 Å². The Balaban J connectivity index is 1.58. The Bertz CT molecular complexity index is 1130. The summed E-state index contributed by atoms with van der Waals surface area (Å²) in [4.78, 5) is 38.7. The molecule has 7 nitrogen and oxygen atoms in total. The molecule has 2 unspecified atom stereocenters. The Morgan fingerprint density at radius 1 is 1.05 bits per heavy atom.